The van der Waals surface area contributed by atoms with Crippen LogP contribution in [0, 0.1) is 0 Å². The van der Waals surface area contributed by atoms with Crippen LogP contribution in [0.2, 0.25) is 0 Å². The SMILES string of the molecule is C=CCC(O)(CC=C)CNCc1cccc(OC[C@@H](O)CN(C)C2CCCCC2)c1. The van der Waals surface area contributed by atoms with Gasteiger partial charge in [-0.05, 0) is 50.4 Å². The number of ether oxygens (including phenoxy) is 1. The van der Waals surface area contributed by atoms with Crippen molar-refractivity contribution in [3.63, 3.8) is 0 Å². The monoisotopic (exact) mass is 416 g/mol. The second-order valence-electron chi connectivity index (χ2n) is 8.66. The lowest BCUT2D eigenvalue weighted by Crippen LogP contribution is -2.40. The Bertz CT molecular complexity index is 633. The van der Waals surface area contributed by atoms with E-state index < -0.39 is 11.7 Å². The summed E-state index contributed by atoms with van der Waals surface area (Å²) in [5.41, 5.74) is 0.215. The van der Waals surface area contributed by atoms with Gasteiger partial charge in [-0.15, -0.1) is 13.2 Å². The molecule has 5 heteroatoms. The number of aliphatic hydroxyl groups is 2. The molecule has 0 aliphatic heterocycles. The molecule has 3 N–H and O–H groups in total. The zero-order valence-corrected chi connectivity index (χ0v) is 18.6. The number of hydrogen-bond acceptors (Lipinski definition) is 5. The Balaban J connectivity index is 1.76. The van der Waals surface area contributed by atoms with Crippen molar-refractivity contribution in [2.75, 3.05) is 26.7 Å². The number of likely N-dealkylation sites (N-methyl/N-ethyl adjacent to an activating group) is 1. The highest BCUT2D eigenvalue weighted by Crippen LogP contribution is 2.22. The van der Waals surface area contributed by atoms with Crippen molar-refractivity contribution in [2.45, 2.75) is 69.2 Å². The fourth-order valence-corrected chi connectivity index (χ4v) is 4.20. The molecule has 1 aliphatic rings. The molecular weight excluding hydrogens is 376 g/mol. The predicted molar refractivity (Wildman–Crippen MR) is 124 cm³/mol. The Morgan fingerprint density at radius 2 is 1.93 bits per heavy atom. The van der Waals surface area contributed by atoms with E-state index in [1.807, 2.05) is 24.3 Å². The van der Waals surface area contributed by atoms with Crippen LogP contribution in [-0.4, -0.2) is 59.6 Å². The van der Waals surface area contributed by atoms with Gasteiger partial charge in [0, 0.05) is 25.7 Å². The molecule has 0 spiro atoms. The summed E-state index contributed by atoms with van der Waals surface area (Å²) in [5, 5.41) is 24.3. The van der Waals surface area contributed by atoms with Gasteiger partial charge in [-0.1, -0.05) is 43.5 Å². The molecule has 1 aromatic rings. The molecule has 1 aromatic carbocycles. The second-order valence-corrected chi connectivity index (χ2v) is 8.66. The summed E-state index contributed by atoms with van der Waals surface area (Å²) in [6.07, 6.45) is 10.4. The number of aliphatic hydroxyl groups excluding tert-OH is 1. The van der Waals surface area contributed by atoms with Crippen molar-refractivity contribution in [3.8, 4) is 5.75 Å². The van der Waals surface area contributed by atoms with E-state index in [2.05, 4.69) is 30.4 Å². The molecule has 0 amide bonds. The van der Waals surface area contributed by atoms with Crippen LogP contribution in [0.15, 0.2) is 49.6 Å². The van der Waals surface area contributed by atoms with Gasteiger partial charge in [-0.2, -0.15) is 0 Å². The molecule has 0 unspecified atom stereocenters. The fourth-order valence-electron chi connectivity index (χ4n) is 4.20. The Kier molecular flexibility index (Phi) is 10.6. The molecule has 30 heavy (non-hydrogen) atoms. The van der Waals surface area contributed by atoms with Crippen LogP contribution in [0.5, 0.6) is 5.75 Å². The van der Waals surface area contributed by atoms with E-state index in [0.29, 0.717) is 38.5 Å². The first-order chi connectivity index (χ1) is 14.5. The minimum Gasteiger partial charge on any atom is -0.491 e. The van der Waals surface area contributed by atoms with Crippen molar-refractivity contribution >= 4 is 0 Å². The molecule has 1 fully saturated rings. The summed E-state index contributed by atoms with van der Waals surface area (Å²) < 4.78 is 5.84. The van der Waals surface area contributed by atoms with Crippen LogP contribution in [0.1, 0.15) is 50.5 Å². The standard InChI is InChI=1S/C25H40N2O3/c1-4-14-25(29,15-5-2)20-26-17-21-10-9-13-24(16-21)30-19-23(28)18-27(3)22-11-7-6-8-12-22/h4-5,9-10,13,16,22-23,26,28-29H,1-2,6-8,11-12,14-15,17-20H2,3H3/t23-/m0/s1. The minimum absolute atomic E-state index is 0.284. The molecule has 0 saturated heterocycles. The molecule has 1 aliphatic carbocycles. The van der Waals surface area contributed by atoms with E-state index in [9.17, 15) is 10.2 Å². The average molecular weight is 417 g/mol. The molecule has 1 saturated carbocycles. The number of rotatable bonds is 14. The van der Waals surface area contributed by atoms with Crippen LogP contribution < -0.4 is 10.1 Å². The normalized spacial score (nSPS) is 16.4. The zero-order valence-electron chi connectivity index (χ0n) is 18.6. The van der Waals surface area contributed by atoms with Gasteiger partial charge in [0.2, 0.25) is 0 Å². The number of nitrogens with zero attached hydrogens (tertiary/aromatic N) is 1. The van der Waals surface area contributed by atoms with Crippen molar-refractivity contribution < 1.29 is 14.9 Å². The third-order valence-electron chi connectivity index (χ3n) is 5.87. The van der Waals surface area contributed by atoms with E-state index in [1.165, 1.54) is 32.1 Å². The second kappa shape index (κ2) is 12.9. The van der Waals surface area contributed by atoms with Gasteiger partial charge in [0.15, 0.2) is 0 Å². The highest BCUT2D eigenvalue weighted by molar-refractivity contribution is 5.28. The molecule has 5 nitrogen and oxygen atoms in total. The zero-order chi connectivity index (χ0) is 21.8. The van der Waals surface area contributed by atoms with E-state index in [4.69, 9.17) is 4.74 Å². The number of benzene rings is 1. The van der Waals surface area contributed by atoms with Gasteiger partial charge in [-0.25, -0.2) is 0 Å². The van der Waals surface area contributed by atoms with E-state index in [1.54, 1.807) is 12.2 Å². The third kappa shape index (κ3) is 8.60. The van der Waals surface area contributed by atoms with Gasteiger partial charge >= 0.3 is 0 Å². The smallest absolute Gasteiger partial charge is 0.119 e. The highest BCUT2D eigenvalue weighted by Gasteiger charge is 2.23. The lowest BCUT2D eigenvalue weighted by molar-refractivity contribution is 0.0460. The first-order valence-corrected chi connectivity index (χ1v) is 11.2. The minimum atomic E-state index is -0.855. The van der Waals surface area contributed by atoms with Crippen molar-refractivity contribution in [2.24, 2.45) is 0 Å². The Labute approximate surface area is 182 Å². The summed E-state index contributed by atoms with van der Waals surface area (Å²) >= 11 is 0. The average Bonchev–Trinajstić information content (AvgIpc) is 2.73. The molecule has 2 rings (SSSR count). The van der Waals surface area contributed by atoms with Crippen LogP contribution in [0.4, 0.5) is 0 Å². The first-order valence-electron chi connectivity index (χ1n) is 11.2. The van der Waals surface area contributed by atoms with Gasteiger partial charge in [0.25, 0.3) is 0 Å². The van der Waals surface area contributed by atoms with Crippen molar-refractivity contribution in [1.82, 2.24) is 10.2 Å². The Hall–Kier alpha value is -1.66. The number of nitrogens with one attached hydrogen (secondary N) is 1. The summed E-state index contributed by atoms with van der Waals surface area (Å²) in [6, 6.07) is 8.45. The fraction of sp³-hybridized carbons (Fsp3) is 0.600. The largest absolute Gasteiger partial charge is 0.491 e. The molecule has 0 heterocycles. The molecule has 168 valence electrons. The highest BCUT2D eigenvalue weighted by atomic mass is 16.5. The quantitative estimate of drug-likeness (QED) is 0.404. The molecule has 0 radical (unpaired) electrons. The Morgan fingerprint density at radius 1 is 1.23 bits per heavy atom. The molecule has 0 aromatic heterocycles. The van der Waals surface area contributed by atoms with Gasteiger partial charge in [0.1, 0.15) is 18.5 Å². The topological polar surface area (TPSA) is 65.0 Å². The first kappa shape index (κ1) is 24.6. The van der Waals surface area contributed by atoms with E-state index in [0.717, 1.165) is 11.3 Å². The van der Waals surface area contributed by atoms with E-state index >= 15 is 0 Å². The third-order valence-corrected chi connectivity index (χ3v) is 5.87. The van der Waals surface area contributed by atoms with Crippen LogP contribution in [0.25, 0.3) is 0 Å². The number of hydrogen-bond donors (Lipinski definition) is 3. The van der Waals surface area contributed by atoms with Crippen LogP contribution >= 0.6 is 0 Å². The van der Waals surface area contributed by atoms with Gasteiger partial charge < -0.3 is 25.2 Å². The molecule has 0 bridgehead atoms. The maximum absolute atomic E-state index is 10.6. The Morgan fingerprint density at radius 3 is 2.60 bits per heavy atom. The lowest BCUT2D eigenvalue weighted by Gasteiger charge is -2.32. The van der Waals surface area contributed by atoms with Crippen molar-refractivity contribution in [1.29, 1.82) is 0 Å². The molecule has 1 atom stereocenters. The summed E-state index contributed by atoms with van der Waals surface area (Å²) in [6.45, 7) is 9.45. The predicted octanol–water partition coefficient (Wildman–Crippen LogP) is 3.66. The maximum Gasteiger partial charge on any atom is 0.119 e. The van der Waals surface area contributed by atoms with Crippen LogP contribution in [-0.2, 0) is 6.54 Å². The summed E-state index contributed by atoms with van der Waals surface area (Å²) in [5.74, 6) is 0.751. The lowest BCUT2D eigenvalue weighted by atomic mass is 9.94. The summed E-state index contributed by atoms with van der Waals surface area (Å²) in [4.78, 5) is 2.28. The molecular formula is C25H40N2O3. The van der Waals surface area contributed by atoms with Crippen LogP contribution in [0.3, 0.4) is 0 Å². The van der Waals surface area contributed by atoms with Gasteiger partial charge in [0.05, 0.1) is 5.60 Å². The summed E-state index contributed by atoms with van der Waals surface area (Å²) in [7, 11) is 2.10. The van der Waals surface area contributed by atoms with E-state index in [-0.39, 0.29) is 6.61 Å². The van der Waals surface area contributed by atoms with Gasteiger partial charge in [-0.3, -0.25) is 0 Å². The van der Waals surface area contributed by atoms with Crippen molar-refractivity contribution in [3.05, 3.63) is 55.1 Å². The maximum atomic E-state index is 10.6.